The second-order valence-corrected chi connectivity index (χ2v) is 3.90. The Hall–Kier alpha value is -1.91. The number of amides is 1. The summed E-state index contributed by atoms with van der Waals surface area (Å²) in [5.74, 6) is 1.78. The number of likely N-dealkylation sites (N-methyl/N-ethyl adjacent to an activating group) is 1. The fourth-order valence-electron chi connectivity index (χ4n) is 1.68. The molecule has 106 valence electrons. The molecule has 0 heterocycles. The molecule has 1 amide bonds. The lowest BCUT2D eigenvalue weighted by Crippen LogP contribution is -2.34. The van der Waals surface area contributed by atoms with E-state index in [-0.39, 0.29) is 12.5 Å². The quantitative estimate of drug-likeness (QED) is 0.757. The van der Waals surface area contributed by atoms with E-state index in [4.69, 9.17) is 14.2 Å². The number of hydrogen-bond acceptors (Lipinski definition) is 4. The first-order valence-electron chi connectivity index (χ1n) is 6.28. The number of rotatable bonds is 7. The molecule has 5 heteroatoms. The number of methoxy groups -OCH3 is 2. The lowest BCUT2D eigenvalue weighted by molar-refractivity contribution is -0.132. The zero-order chi connectivity index (χ0) is 14.3. The van der Waals surface area contributed by atoms with Crippen molar-refractivity contribution in [3.8, 4) is 17.2 Å². The smallest absolute Gasteiger partial charge is 0.260 e. The van der Waals surface area contributed by atoms with Crippen molar-refractivity contribution in [1.29, 1.82) is 0 Å². The Kier molecular flexibility index (Phi) is 5.99. The van der Waals surface area contributed by atoms with Gasteiger partial charge in [0.25, 0.3) is 5.91 Å². The minimum absolute atomic E-state index is 0.0119. The first-order chi connectivity index (χ1) is 9.14. The van der Waals surface area contributed by atoms with Crippen LogP contribution in [0.1, 0.15) is 13.8 Å². The predicted octanol–water partition coefficient (Wildman–Crippen LogP) is 1.95. The van der Waals surface area contributed by atoms with Crippen molar-refractivity contribution in [3.63, 3.8) is 0 Å². The zero-order valence-electron chi connectivity index (χ0n) is 11.9. The van der Waals surface area contributed by atoms with E-state index in [1.807, 2.05) is 13.8 Å². The monoisotopic (exact) mass is 267 g/mol. The molecule has 0 unspecified atom stereocenters. The molecule has 0 saturated heterocycles. The van der Waals surface area contributed by atoms with Crippen LogP contribution in [0, 0.1) is 0 Å². The maximum absolute atomic E-state index is 11.8. The number of benzene rings is 1. The fourth-order valence-corrected chi connectivity index (χ4v) is 1.68. The second-order valence-electron chi connectivity index (χ2n) is 3.90. The SMILES string of the molecule is CCN(CC)C(=O)COc1cc(OC)cc(OC)c1. The summed E-state index contributed by atoms with van der Waals surface area (Å²) >= 11 is 0. The van der Waals surface area contributed by atoms with Gasteiger partial charge in [0.1, 0.15) is 17.2 Å². The summed E-state index contributed by atoms with van der Waals surface area (Å²) in [5, 5.41) is 0. The Morgan fingerprint density at radius 1 is 1.00 bits per heavy atom. The molecule has 0 radical (unpaired) electrons. The number of ether oxygens (including phenoxy) is 3. The normalized spacial score (nSPS) is 9.89. The number of hydrogen-bond donors (Lipinski definition) is 0. The Bertz CT molecular complexity index is 394. The summed E-state index contributed by atoms with van der Waals surface area (Å²) in [6.07, 6.45) is 0. The molecule has 19 heavy (non-hydrogen) atoms. The molecule has 0 N–H and O–H groups in total. The van der Waals surface area contributed by atoms with Gasteiger partial charge in [-0.3, -0.25) is 4.79 Å². The van der Waals surface area contributed by atoms with Crippen molar-refractivity contribution in [1.82, 2.24) is 4.90 Å². The van der Waals surface area contributed by atoms with Gasteiger partial charge in [-0.25, -0.2) is 0 Å². The van der Waals surface area contributed by atoms with Crippen molar-refractivity contribution in [2.24, 2.45) is 0 Å². The molecule has 0 aliphatic carbocycles. The molecule has 0 aromatic heterocycles. The molecule has 0 spiro atoms. The Balaban J connectivity index is 2.69. The van der Waals surface area contributed by atoms with Gasteiger partial charge < -0.3 is 19.1 Å². The maximum atomic E-state index is 11.8. The summed E-state index contributed by atoms with van der Waals surface area (Å²) < 4.78 is 15.8. The third-order valence-corrected chi connectivity index (χ3v) is 2.80. The molecule has 0 saturated carbocycles. The van der Waals surface area contributed by atoms with E-state index in [1.165, 1.54) is 0 Å². The number of carbonyl (C=O) groups excluding carboxylic acids is 1. The molecule has 1 aromatic carbocycles. The summed E-state index contributed by atoms with van der Waals surface area (Å²) in [6, 6.07) is 5.19. The van der Waals surface area contributed by atoms with E-state index >= 15 is 0 Å². The van der Waals surface area contributed by atoms with Crippen molar-refractivity contribution in [2.45, 2.75) is 13.8 Å². The van der Waals surface area contributed by atoms with Crippen LogP contribution in [0.2, 0.25) is 0 Å². The predicted molar refractivity (Wildman–Crippen MR) is 73.0 cm³/mol. The minimum Gasteiger partial charge on any atom is -0.496 e. The highest BCUT2D eigenvalue weighted by atomic mass is 16.5. The van der Waals surface area contributed by atoms with Crippen LogP contribution >= 0.6 is 0 Å². The first-order valence-corrected chi connectivity index (χ1v) is 6.28. The third kappa shape index (κ3) is 4.35. The number of carbonyl (C=O) groups is 1. The molecule has 0 aliphatic heterocycles. The molecule has 0 atom stereocenters. The van der Waals surface area contributed by atoms with Gasteiger partial charge in [0.15, 0.2) is 6.61 Å². The van der Waals surface area contributed by atoms with Gasteiger partial charge in [0.2, 0.25) is 0 Å². The van der Waals surface area contributed by atoms with E-state index in [9.17, 15) is 4.79 Å². The van der Waals surface area contributed by atoms with Crippen LogP contribution in [-0.4, -0.2) is 44.7 Å². The summed E-state index contributed by atoms with van der Waals surface area (Å²) in [5.41, 5.74) is 0. The van der Waals surface area contributed by atoms with E-state index in [2.05, 4.69) is 0 Å². The topological polar surface area (TPSA) is 48.0 Å². The molecule has 1 aromatic rings. The van der Waals surface area contributed by atoms with Crippen LogP contribution in [0.25, 0.3) is 0 Å². The minimum atomic E-state index is -0.0354. The molecule has 5 nitrogen and oxygen atoms in total. The largest absolute Gasteiger partial charge is 0.496 e. The van der Waals surface area contributed by atoms with E-state index in [0.29, 0.717) is 30.3 Å². The van der Waals surface area contributed by atoms with Crippen LogP contribution in [0.3, 0.4) is 0 Å². The molecule has 0 bridgehead atoms. The van der Waals surface area contributed by atoms with Gasteiger partial charge in [-0.1, -0.05) is 0 Å². The summed E-state index contributed by atoms with van der Waals surface area (Å²) in [6.45, 7) is 5.25. The maximum Gasteiger partial charge on any atom is 0.260 e. The summed E-state index contributed by atoms with van der Waals surface area (Å²) in [7, 11) is 3.14. The Morgan fingerprint density at radius 3 is 1.89 bits per heavy atom. The van der Waals surface area contributed by atoms with E-state index < -0.39 is 0 Å². The van der Waals surface area contributed by atoms with Gasteiger partial charge in [-0.2, -0.15) is 0 Å². The molecule has 1 rings (SSSR count). The standard InChI is InChI=1S/C14H21NO4/c1-5-15(6-2)14(16)10-19-13-8-11(17-3)7-12(9-13)18-4/h7-9H,5-6,10H2,1-4H3. The zero-order valence-corrected chi connectivity index (χ0v) is 11.9. The van der Waals surface area contributed by atoms with Gasteiger partial charge in [-0.05, 0) is 13.8 Å². The molecular weight excluding hydrogens is 246 g/mol. The lowest BCUT2D eigenvalue weighted by atomic mass is 10.3. The Morgan fingerprint density at radius 2 is 1.47 bits per heavy atom. The highest BCUT2D eigenvalue weighted by Gasteiger charge is 2.11. The van der Waals surface area contributed by atoms with Gasteiger partial charge in [0.05, 0.1) is 14.2 Å². The van der Waals surface area contributed by atoms with Crippen molar-refractivity contribution >= 4 is 5.91 Å². The molecule has 0 fully saturated rings. The van der Waals surface area contributed by atoms with Crippen LogP contribution in [-0.2, 0) is 4.79 Å². The summed E-state index contributed by atoms with van der Waals surface area (Å²) in [4.78, 5) is 13.5. The van der Waals surface area contributed by atoms with Gasteiger partial charge >= 0.3 is 0 Å². The van der Waals surface area contributed by atoms with Crippen molar-refractivity contribution in [2.75, 3.05) is 33.9 Å². The highest BCUT2D eigenvalue weighted by molar-refractivity contribution is 5.77. The van der Waals surface area contributed by atoms with Crippen molar-refractivity contribution < 1.29 is 19.0 Å². The molecular formula is C14H21NO4. The van der Waals surface area contributed by atoms with Crippen LogP contribution in [0.15, 0.2) is 18.2 Å². The highest BCUT2D eigenvalue weighted by Crippen LogP contribution is 2.27. The van der Waals surface area contributed by atoms with E-state index in [1.54, 1.807) is 37.3 Å². The first kappa shape index (κ1) is 15.1. The van der Waals surface area contributed by atoms with Crippen LogP contribution in [0.4, 0.5) is 0 Å². The average Bonchev–Trinajstić information content (AvgIpc) is 2.45. The number of nitrogens with zero attached hydrogens (tertiary/aromatic N) is 1. The third-order valence-electron chi connectivity index (χ3n) is 2.80. The Labute approximate surface area is 114 Å². The van der Waals surface area contributed by atoms with Crippen LogP contribution < -0.4 is 14.2 Å². The van der Waals surface area contributed by atoms with Crippen LogP contribution in [0.5, 0.6) is 17.2 Å². The lowest BCUT2D eigenvalue weighted by Gasteiger charge is -2.18. The van der Waals surface area contributed by atoms with Crippen molar-refractivity contribution in [3.05, 3.63) is 18.2 Å². The fraction of sp³-hybridized carbons (Fsp3) is 0.500. The second kappa shape index (κ2) is 7.51. The average molecular weight is 267 g/mol. The van der Waals surface area contributed by atoms with Gasteiger partial charge in [0, 0.05) is 31.3 Å². The van der Waals surface area contributed by atoms with Gasteiger partial charge in [-0.15, -0.1) is 0 Å². The molecule has 0 aliphatic rings. The van der Waals surface area contributed by atoms with E-state index in [0.717, 1.165) is 0 Å².